The summed E-state index contributed by atoms with van der Waals surface area (Å²) in [6.07, 6.45) is 5.51. The molecular weight excluding hydrogens is 252 g/mol. The number of hydrogen-bond donors (Lipinski definition) is 2. The maximum absolute atomic E-state index is 12.1. The maximum Gasteiger partial charge on any atom is 0.227 e. The summed E-state index contributed by atoms with van der Waals surface area (Å²) < 4.78 is 0. The molecule has 2 rings (SSSR count). The van der Waals surface area contributed by atoms with Gasteiger partial charge in [-0.25, -0.2) is 0 Å². The zero-order valence-electron chi connectivity index (χ0n) is 11.9. The molecule has 0 saturated heterocycles. The Morgan fingerprint density at radius 3 is 2.30 bits per heavy atom. The normalized spacial score (nSPS) is 17.4. The lowest BCUT2D eigenvalue weighted by atomic mass is 9.88. The van der Waals surface area contributed by atoms with Crippen LogP contribution in [0.1, 0.15) is 50.5 Å². The van der Waals surface area contributed by atoms with Crippen LogP contribution in [0.2, 0.25) is 0 Å². The Kier molecular flexibility index (Phi) is 4.77. The highest BCUT2D eigenvalue weighted by Gasteiger charge is 2.21. The molecule has 0 bridgehead atoms. The second-order valence-corrected chi connectivity index (χ2v) is 5.57. The third-order valence-corrected chi connectivity index (χ3v) is 4.08. The number of amides is 2. The van der Waals surface area contributed by atoms with Crippen LogP contribution in [0.3, 0.4) is 0 Å². The van der Waals surface area contributed by atoms with Crippen molar-refractivity contribution in [3.63, 3.8) is 0 Å². The summed E-state index contributed by atoms with van der Waals surface area (Å²) in [6, 6.07) is 7.34. The smallest absolute Gasteiger partial charge is 0.227 e. The van der Waals surface area contributed by atoms with Crippen molar-refractivity contribution in [1.29, 1.82) is 0 Å². The lowest BCUT2D eigenvalue weighted by Crippen LogP contribution is -2.24. The zero-order valence-corrected chi connectivity index (χ0v) is 11.9. The fourth-order valence-electron chi connectivity index (χ4n) is 2.63. The summed E-state index contributed by atoms with van der Waals surface area (Å²) in [5.41, 5.74) is 6.92. The van der Waals surface area contributed by atoms with Gasteiger partial charge in [0, 0.05) is 11.6 Å². The van der Waals surface area contributed by atoms with Crippen molar-refractivity contribution in [3.8, 4) is 0 Å². The summed E-state index contributed by atoms with van der Waals surface area (Å²) in [7, 11) is 0. The minimum absolute atomic E-state index is 0.111. The van der Waals surface area contributed by atoms with Crippen molar-refractivity contribution >= 4 is 17.5 Å². The molecule has 1 aromatic rings. The number of hydrogen-bond acceptors (Lipinski definition) is 2. The van der Waals surface area contributed by atoms with Crippen LogP contribution in [0, 0.1) is 5.92 Å². The van der Waals surface area contributed by atoms with Gasteiger partial charge in [-0.15, -0.1) is 0 Å². The van der Waals surface area contributed by atoms with Gasteiger partial charge in [-0.3, -0.25) is 9.59 Å². The van der Waals surface area contributed by atoms with E-state index in [1.807, 2.05) is 24.3 Å². The van der Waals surface area contributed by atoms with Crippen LogP contribution in [-0.4, -0.2) is 11.8 Å². The van der Waals surface area contributed by atoms with Gasteiger partial charge in [0.2, 0.25) is 11.8 Å². The van der Waals surface area contributed by atoms with E-state index in [2.05, 4.69) is 5.32 Å². The van der Waals surface area contributed by atoms with E-state index in [0.29, 0.717) is 0 Å². The number of rotatable bonds is 4. The molecule has 1 aromatic carbocycles. The highest BCUT2D eigenvalue weighted by Crippen LogP contribution is 2.25. The Bertz CT molecular complexity index is 476. The first kappa shape index (κ1) is 14.6. The maximum atomic E-state index is 12.1. The van der Waals surface area contributed by atoms with Crippen LogP contribution in [0.25, 0.3) is 0 Å². The van der Waals surface area contributed by atoms with E-state index in [0.717, 1.165) is 36.9 Å². The number of nitrogens with two attached hydrogens (primary N) is 1. The van der Waals surface area contributed by atoms with Gasteiger partial charge in [-0.2, -0.15) is 0 Å². The van der Waals surface area contributed by atoms with E-state index >= 15 is 0 Å². The SMILES string of the molecule is CC(C(N)=O)c1ccc(NC(=O)C2CCCCC2)cc1. The number of carbonyl (C=O) groups is 2. The quantitative estimate of drug-likeness (QED) is 0.886. The predicted octanol–water partition coefficient (Wildman–Crippen LogP) is 2.79. The number of anilines is 1. The molecule has 2 amide bonds. The molecule has 0 aliphatic heterocycles. The molecule has 1 unspecified atom stereocenters. The van der Waals surface area contributed by atoms with E-state index in [4.69, 9.17) is 5.73 Å². The van der Waals surface area contributed by atoms with Crippen molar-refractivity contribution in [2.24, 2.45) is 11.7 Å². The minimum atomic E-state index is -0.344. The molecule has 4 nitrogen and oxygen atoms in total. The molecule has 1 saturated carbocycles. The molecule has 20 heavy (non-hydrogen) atoms. The summed E-state index contributed by atoms with van der Waals surface area (Å²) in [5, 5.41) is 2.95. The molecule has 1 fully saturated rings. The average Bonchev–Trinajstić information content (AvgIpc) is 2.48. The standard InChI is InChI=1S/C16H22N2O2/c1-11(15(17)19)12-7-9-14(10-8-12)18-16(20)13-5-3-2-4-6-13/h7-11,13H,2-6H2,1H3,(H2,17,19)(H,18,20). The largest absolute Gasteiger partial charge is 0.369 e. The van der Waals surface area contributed by atoms with Crippen molar-refractivity contribution in [1.82, 2.24) is 0 Å². The predicted molar refractivity (Wildman–Crippen MR) is 79.3 cm³/mol. The molecule has 4 heteroatoms. The third-order valence-electron chi connectivity index (χ3n) is 4.08. The van der Waals surface area contributed by atoms with Gasteiger partial charge >= 0.3 is 0 Å². The van der Waals surface area contributed by atoms with Crippen LogP contribution in [0.4, 0.5) is 5.69 Å². The first-order valence-electron chi connectivity index (χ1n) is 7.28. The topological polar surface area (TPSA) is 72.2 Å². The molecular formula is C16H22N2O2. The van der Waals surface area contributed by atoms with E-state index in [-0.39, 0.29) is 23.7 Å². The van der Waals surface area contributed by atoms with Gasteiger partial charge in [0.15, 0.2) is 0 Å². The second kappa shape index (κ2) is 6.55. The number of benzene rings is 1. The Hall–Kier alpha value is -1.84. The molecule has 0 heterocycles. The minimum Gasteiger partial charge on any atom is -0.369 e. The molecule has 1 aliphatic rings. The number of carbonyl (C=O) groups excluding carboxylic acids is 2. The summed E-state index contributed by atoms with van der Waals surface area (Å²) in [5.74, 6) is -0.393. The van der Waals surface area contributed by atoms with E-state index in [1.54, 1.807) is 6.92 Å². The Morgan fingerprint density at radius 1 is 1.15 bits per heavy atom. The molecule has 0 radical (unpaired) electrons. The third kappa shape index (κ3) is 3.59. The Balaban J connectivity index is 1.96. The van der Waals surface area contributed by atoms with Crippen molar-refractivity contribution < 1.29 is 9.59 Å². The fraction of sp³-hybridized carbons (Fsp3) is 0.500. The van der Waals surface area contributed by atoms with Gasteiger partial charge in [-0.05, 0) is 37.5 Å². The van der Waals surface area contributed by atoms with Gasteiger partial charge < -0.3 is 11.1 Å². The molecule has 3 N–H and O–H groups in total. The number of nitrogens with one attached hydrogen (secondary N) is 1. The van der Waals surface area contributed by atoms with Crippen molar-refractivity contribution in [2.75, 3.05) is 5.32 Å². The van der Waals surface area contributed by atoms with Gasteiger partial charge in [-0.1, -0.05) is 31.4 Å². The van der Waals surface area contributed by atoms with E-state index in [1.165, 1.54) is 6.42 Å². The molecule has 1 atom stereocenters. The van der Waals surface area contributed by atoms with Gasteiger partial charge in [0.1, 0.15) is 0 Å². The average molecular weight is 274 g/mol. The Labute approximate surface area is 119 Å². The summed E-state index contributed by atoms with van der Waals surface area (Å²) >= 11 is 0. The lowest BCUT2D eigenvalue weighted by Gasteiger charge is -2.20. The molecule has 0 spiro atoms. The van der Waals surface area contributed by atoms with Crippen molar-refractivity contribution in [3.05, 3.63) is 29.8 Å². The molecule has 1 aliphatic carbocycles. The summed E-state index contributed by atoms with van der Waals surface area (Å²) in [4.78, 5) is 23.2. The Morgan fingerprint density at radius 2 is 1.75 bits per heavy atom. The van der Waals surface area contributed by atoms with Crippen LogP contribution < -0.4 is 11.1 Å². The molecule has 108 valence electrons. The lowest BCUT2D eigenvalue weighted by molar-refractivity contribution is -0.121. The van der Waals surface area contributed by atoms with E-state index in [9.17, 15) is 9.59 Å². The van der Waals surface area contributed by atoms with Crippen molar-refractivity contribution in [2.45, 2.75) is 44.9 Å². The highest BCUT2D eigenvalue weighted by atomic mass is 16.2. The second-order valence-electron chi connectivity index (χ2n) is 5.57. The van der Waals surface area contributed by atoms with Crippen LogP contribution in [0.15, 0.2) is 24.3 Å². The van der Waals surface area contributed by atoms with E-state index < -0.39 is 0 Å². The van der Waals surface area contributed by atoms with Gasteiger partial charge in [0.05, 0.1) is 5.92 Å². The monoisotopic (exact) mass is 274 g/mol. The van der Waals surface area contributed by atoms with Crippen LogP contribution in [-0.2, 0) is 9.59 Å². The number of primary amides is 1. The van der Waals surface area contributed by atoms with Gasteiger partial charge in [0.25, 0.3) is 0 Å². The summed E-state index contributed by atoms with van der Waals surface area (Å²) in [6.45, 7) is 1.78. The zero-order chi connectivity index (χ0) is 14.5. The highest BCUT2D eigenvalue weighted by molar-refractivity contribution is 5.92. The van der Waals surface area contributed by atoms with Crippen LogP contribution >= 0.6 is 0 Å². The first-order valence-corrected chi connectivity index (χ1v) is 7.28. The molecule has 0 aromatic heterocycles. The van der Waals surface area contributed by atoms with Crippen LogP contribution in [0.5, 0.6) is 0 Å². The first-order chi connectivity index (χ1) is 9.58. The fourth-order valence-corrected chi connectivity index (χ4v) is 2.63.